The van der Waals surface area contributed by atoms with E-state index in [9.17, 15) is 4.79 Å². The van der Waals surface area contributed by atoms with E-state index in [0.717, 1.165) is 28.6 Å². The third kappa shape index (κ3) is 4.61. The van der Waals surface area contributed by atoms with Crippen LogP contribution in [0, 0.1) is 11.8 Å². The van der Waals surface area contributed by atoms with E-state index in [1.165, 1.54) is 0 Å². The minimum atomic E-state index is -0.120. The molecule has 1 fully saturated rings. The molecule has 168 valence electrons. The molecular weight excluding hydrogens is 406 g/mol. The Morgan fingerprint density at radius 1 is 1.12 bits per heavy atom. The number of methoxy groups -OCH3 is 2. The molecule has 2 aromatic heterocycles. The maximum atomic E-state index is 11.8. The van der Waals surface area contributed by atoms with Crippen molar-refractivity contribution >= 4 is 16.8 Å². The molecule has 0 radical (unpaired) electrons. The van der Waals surface area contributed by atoms with Gasteiger partial charge in [0.25, 0.3) is 0 Å². The monoisotopic (exact) mass is 435 g/mol. The largest absolute Gasteiger partial charge is 0.493 e. The van der Waals surface area contributed by atoms with E-state index in [4.69, 9.17) is 19.2 Å². The number of carbonyl (C=O) groups excluding carboxylic acids is 1. The maximum absolute atomic E-state index is 11.8. The van der Waals surface area contributed by atoms with Gasteiger partial charge in [-0.1, -0.05) is 13.8 Å². The van der Waals surface area contributed by atoms with Crippen LogP contribution in [-0.4, -0.2) is 42.7 Å². The normalized spacial score (nSPS) is 16.8. The van der Waals surface area contributed by atoms with Crippen LogP contribution in [0.15, 0.2) is 42.6 Å². The lowest BCUT2D eigenvalue weighted by atomic mass is 9.93. The molecule has 2 unspecified atom stereocenters. The van der Waals surface area contributed by atoms with Crippen molar-refractivity contribution in [3.8, 4) is 28.6 Å². The minimum absolute atomic E-state index is 0.0749. The van der Waals surface area contributed by atoms with Gasteiger partial charge in [0.15, 0.2) is 11.5 Å². The Kier molecular flexibility index (Phi) is 6.44. The first kappa shape index (κ1) is 21.9. The minimum Gasteiger partial charge on any atom is -0.493 e. The number of amides is 1. The number of rotatable bonds is 8. The van der Waals surface area contributed by atoms with Crippen LogP contribution in [0.5, 0.6) is 17.4 Å². The van der Waals surface area contributed by atoms with E-state index < -0.39 is 0 Å². The molecule has 7 heteroatoms. The standard InChI is InChI=1S/C25H29N3O4/c1-15(2)10-22(17-12-24(29)27-14-17)32-25-18-6-5-9-26-20(18)13-19(28-25)16-7-8-21(30-3)23(11-16)31-4/h5-9,11,13,15,17,22H,10,12,14H2,1-4H3,(H,27,29). The van der Waals surface area contributed by atoms with Gasteiger partial charge in [0, 0.05) is 30.6 Å². The summed E-state index contributed by atoms with van der Waals surface area (Å²) in [7, 11) is 3.22. The Morgan fingerprint density at radius 2 is 1.94 bits per heavy atom. The van der Waals surface area contributed by atoms with Crippen molar-refractivity contribution in [3.63, 3.8) is 0 Å². The van der Waals surface area contributed by atoms with Gasteiger partial charge < -0.3 is 19.5 Å². The van der Waals surface area contributed by atoms with Crippen LogP contribution < -0.4 is 19.5 Å². The van der Waals surface area contributed by atoms with Gasteiger partial charge in [-0.25, -0.2) is 4.98 Å². The number of ether oxygens (including phenoxy) is 3. The van der Waals surface area contributed by atoms with Gasteiger partial charge in [-0.3, -0.25) is 9.78 Å². The molecule has 0 aliphatic carbocycles. The Morgan fingerprint density at radius 3 is 2.62 bits per heavy atom. The van der Waals surface area contributed by atoms with E-state index in [-0.39, 0.29) is 17.9 Å². The average Bonchev–Trinajstić information content (AvgIpc) is 3.24. The van der Waals surface area contributed by atoms with Crippen molar-refractivity contribution in [1.29, 1.82) is 0 Å². The molecule has 1 N–H and O–H groups in total. The molecule has 7 nitrogen and oxygen atoms in total. The van der Waals surface area contributed by atoms with Gasteiger partial charge in [-0.15, -0.1) is 0 Å². The van der Waals surface area contributed by atoms with Gasteiger partial charge in [-0.2, -0.15) is 0 Å². The summed E-state index contributed by atoms with van der Waals surface area (Å²) in [5, 5.41) is 3.78. The second-order valence-electron chi connectivity index (χ2n) is 8.51. The fourth-order valence-corrected chi connectivity index (χ4v) is 4.11. The number of pyridine rings is 2. The summed E-state index contributed by atoms with van der Waals surface area (Å²) in [5.41, 5.74) is 2.40. The Bertz CT molecular complexity index is 1120. The molecule has 0 bridgehead atoms. The van der Waals surface area contributed by atoms with Gasteiger partial charge in [0.2, 0.25) is 11.8 Å². The zero-order valence-electron chi connectivity index (χ0n) is 18.9. The molecule has 0 saturated carbocycles. The first-order valence-corrected chi connectivity index (χ1v) is 10.9. The van der Waals surface area contributed by atoms with Crippen LogP contribution in [0.25, 0.3) is 22.2 Å². The number of nitrogens with one attached hydrogen (secondary N) is 1. The first-order chi connectivity index (χ1) is 15.5. The smallest absolute Gasteiger partial charge is 0.223 e. The topological polar surface area (TPSA) is 82.6 Å². The van der Waals surface area contributed by atoms with Gasteiger partial charge in [0.1, 0.15) is 6.10 Å². The highest BCUT2D eigenvalue weighted by Gasteiger charge is 2.32. The van der Waals surface area contributed by atoms with E-state index in [2.05, 4.69) is 24.1 Å². The zero-order valence-corrected chi connectivity index (χ0v) is 18.9. The van der Waals surface area contributed by atoms with Crippen LogP contribution in [0.3, 0.4) is 0 Å². The number of aromatic nitrogens is 2. The lowest BCUT2D eigenvalue weighted by Gasteiger charge is -2.25. The molecular formula is C25H29N3O4. The third-order valence-corrected chi connectivity index (χ3v) is 5.75. The number of carbonyl (C=O) groups is 1. The predicted octanol–water partition coefficient (Wildman–Crippen LogP) is 4.24. The number of hydrogen-bond donors (Lipinski definition) is 1. The second kappa shape index (κ2) is 9.42. The molecule has 1 saturated heterocycles. The van der Waals surface area contributed by atoms with E-state index in [1.54, 1.807) is 20.4 Å². The maximum Gasteiger partial charge on any atom is 0.223 e. The van der Waals surface area contributed by atoms with Crippen LogP contribution >= 0.6 is 0 Å². The molecule has 3 heterocycles. The number of hydrogen-bond acceptors (Lipinski definition) is 6. The Hall–Kier alpha value is -3.35. The van der Waals surface area contributed by atoms with E-state index in [0.29, 0.717) is 36.3 Å². The summed E-state index contributed by atoms with van der Waals surface area (Å²) < 4.78 is 17.4. The Balaban J connectivity index is 1.76. The van der Waals surface area contributed by atoms with Gasteiger partial charge in [-0.05, 0) is 48.7 Å². The highest BCUT2D eigenvalue weighted by Crippen LogP contribution is 2.35. The molecule has 2 atom stereocenters. The fraction of sp³-hybridized carbons (Fsp3) is 0.400. The number of nitrogens with zero attached hydrogens (tertiary/aromatic N) is 2. The highest BCUT2D eigenvalue weighted by molar-refractivity contribution is 5.87. The van der Waals surface area contributed by atoms with Crippen molar-refractivity contribution < 1.29 is 19.0 Å². The lowest BCUT2D eigenvalue weighted by molar-refractivity contribution is -0.119. The molecule has 1 aliphatic rings. The van der Waals surface area contributed by atoms with Crippen LogP contribution in [0.2, 0.25) is 0 Å². The molecule has 1 aliphatic heterocycles. The average molecular weight is 436 g/mol. The molecule has 3 aromatic rings. The van der Waals surface area contributed by atoms with Crippen molar-refractivity contribution in [2.24, 2.45) is 11.8 Å². The van der Waals surface area contributed by atoms with Crippen LogP contribution in [0.4, 0.5) is 0 Å². The van der Waals surface area contributed by atoms with Crippen molar-refractivity contribution in [3.05, 3.63) is 42.6 Å². The first-order valence-electron chi connectivity index (χ1n) is 10.9. The van der Waals surface area contributed by atoms with Crippen LogP contribution in [-0.2, 0) is 4.79 Å². The van der Waals surface area contributed by atoms with Gasteiger partial charge in [0.05, 0.1) is 30.8 Å². The fourth-order valence-electron chi connectivity index (χ4n) is 4.11. The highest BCUT2D eigenvalue weighted by atomic mass is 16.5. The van der Waals surface area contributed by atoms with Crippen molar-refractivity contribution in [2.45, 2.75) is 32.8 Å². The molecule has 0 spiro atoms. The van der Waals surface area contributed by atoms with Gasteiger partial charge >= 0.3 is 0 Å². The molecule has 32 heavy (non-hydrogen) atoms. The van der Waals surface area contributed by atoms with Crippen molar-refractivity contribution in [2.75, 3.05) is 20.8 Å². The summed E-state index contributed by atoms with van der Waals surface area (Å²) in [6, 6.07) is 11.5. The summed E-state index contributed by atoms with van der Waals surface area (Å²) in [5.74, 6) is 2.43. The lowest BCUT2D eigenvalue weighted by Crippen LogP contribution is -2.30. The Labute approximate surface area is 188 Å². The van der Waals surface area contributed by atoms with Crippen LogP contribution in [0.1, 0.15) is 26.7 Å². The predicted molar refractivity (Wildman–Crippen MR) is 123 cm³/mol. The van der Waals surface area contributed by atoms with Crippen molar-refractivity contribution in [1.82, 2.24) is 15.3 Å². The summed E-state index contributed by atoms with van der Waals surface area (Å²) in [4.78, 5) is 21.3. The molecule has 4 rings (SSSR count). The zero-order chi connectivity index (χ0) is 22.7. The molecule has 1 aromatic carbocycles. The summed E-state index contributed by atoms with van der Waals surface area (Å²) >= 11 is 0. The summed E-state index contributed by atoms with van der Waals surface area (Å²) in [6.45, 7) is 4.95. The number of benzene rings is 1. The quantitative estimate of drug-likeness (QED) is 0.570. The second-order valence-corrected chi connectivity index (χ2v) is 8.51. The molecule has 1 amide bonds. The van der Waals surface area contributed by atoms with E-state index in [1.807, 2.05) is 36.4 Å². The van der Waals surface area contributed by atoms with E-state index >= 15 is 0 Å². The summed E-state index contributed by atoms with van der Waals surface area (Å²) in [6.07, 6.45) is 2.95. The third-order valence-electron chi connectivity index (χ3n) is 5.75. The number of fused-ring (bicyclic) bond motifs is 1. The SMILES string of the molecule is COc1ccc(-c2cc3ncccc3c(OC(CC(C)C)C3CNC(=O)C3)n2)cc1OC.